The maximum atomic E-state index is 13.3. The molecule has 21 heavy (non-hydrogen) atoms. The van der Waals surface area contributed by atoms with Gasteiger partial charge in [0, 0.05) is 17.7 Å². The summed E-state index contributed by atoms with van der Waals surface area (Å²) in [6, 6.07) is 6.69. The lowest BCUT2D eigenvalue weighted by Crippen LogP contribution is -2.03. The molecule has 0 saturated heterocycles. The van der Waals surface area contributed by atoms with Gasteiger partial charge in [-0.3, -0.25) is 0 Å². The zero-order chi connectivity index (χ0) is 15.4. The summed E-state index contributed by atoms with van der Waals surface area (Å²) in [5.41, 5.74) is 0.882. The van der Waals surface area contributed by atoms with Crippen LogP contribution in [0.5, 0.6) is 5.75 Å². The Kier molecular flexibility index (Phi) is 4.47. The lowest BCUT2D eigenvalue weighted by Gasteiger charge is -2.11. The summed E-state index contributed by atoms with van der Waals surface area (Å²) in [6.07, 6.45) is 0. The lowest BCUT2D eigenvalue weighted by atomic mass is 10.1. The molecule has 0 bridgehead atoms. The van der Waals surface area contributed by atoms with Crippen molar-refractivity contribution in [2.45, 2.75) is 13.5 Å². The molecule has 0 aliphatic rings. The number of oxime groups is 1. The molecule has 2 rings (SSSR count). The van der Waals surface area contributed by atoms with E-state index in [1.165, 1.54) is 19.1 Å². The highest BCUT2D eigenvalue weighted by atomic mass is 19.1. The molecule has 0 aliphatic heterocycles. The average molecular weight is 295 g/mol. The van der Waals surface area contributed by atoms with Gasteiger partial charge in [-0.2, -0.15) is 0 Å². The van der Waals surface area contributed by atoms with Gasteiger partial charge in [-0.25, -0.2) is 13.2 Å². The van der Waals surface area contributed by atoms with Crippen molar-refractivity contribution >= 4 is 5.71 Å². The Labute approximate surface area is 119 Å². The van der Waals surface area contributed by atoms with E-state index in [1.807, 2.05) is 0 Å². The van der Waals surface area contributed by atoms with Crippen molar-refractivity contribution in [2.24, 2.45) is 5.16 Å². The van der Waals surface area contributed by atoms with E-state index in [-0.39, 0.29) is 23.6 Å². The van der Waals surface area contributed by atoms with Crippen LogP contribution in [0, 0.1) is 17.5 Å². The summed E-state index contributed by atoms with van der Waals surface area (Å²) >= 11 is 0. The summed E-state index contributed by atoms with van der Waals surface area (Å²) < 4.78 is 44.8. The molecule has 2 aromatic carbocycles. The van der Waals surface area contributed by atoms with Gasteiger partial charge >= 0.3 is 0 Å². The molecule has 0 aliphatic carbocycles. The fourth-order valence-electron chi connectivity index (χ4n) is 1.82. The molecule has 0 aromatic heterocycles. The summed E-state index contributed by atoms with van der Waals surface area (Å²) in [4.78, 5) is 0. The fraction of sp³-hybridized carbons (Fsp3) is 0.133. The Hall–Kier alpha value is -2.50. The molecule has 1 N–H and O–H groups in total. The number of benzene rings is 2. The van der Waals surface area contributed by atoms with E-state index in [0.29, 0.717) is 5.56 Å². The second kappa shape index (κ2) is 6.30. The molecule has 0 heterocycles. The molecular formula is C15H12F3NO2. The largest absolute Gasteiger partial charge is 0.488 e. The highest BCUT2D eigenvalue weighted by molar-refractivity contribution is 6.00. The van der Waals surface area contributed by atoms with E-state index in [2.05, 4.69) is 5.16 Å². The first-order valence-corrected chi connectivity index (χ1v) is 6.06. The predicted molar refractivity (Wildman–Crippen MR) is 71.1 cm³/mol. The molecule has 0 spiro atoms. The minimum atomic E-state index is -0.721. The van der Waals surface area contributed by atoms with Crippen LogP contribution in [0.3, 0.4) is 0 Å². The molecular weight excluding hydrogens is 283 g/mol. The molecule has 6 heteroatoms. The molecule has 0 amide bonds. The van der Waals surface area contributed by atoms with E-state index in [0.717, 1.165) is 24.3 Å². The molecule has 0 unspecified atom stereocenters. The van der Waals surface area contributed by atoms with Crippen molar-refractivity contribution < 1.29 is 23.1 Å². The van der Waals surface area contributed by atoms with Crippen LogP contribution < -0.4 is 4.74 Å². The molecule has 0 atom stereocenters. The predicted octanol–water partition coefficient (Wildman–Crippen LogP) is 3.88. The van der Waals surface area contributed by atoms with Crippen molar-refractivity contribution in [3.8, 4) is 5.75 Å². The van der Waals surface area contributed by atoms with E-state index in [4.69, 9.17) is 9.94 Å². The van der Waals surface area contributed by atoms with Crippen molar-refractivity contribution in [3.63, 3.8) is 0 Å². The SMILES string of the molecule is C/C(=N/O)c1ccc(F)cc1OCc1cc(F)cc(F)c1. The summed E-state index contributed by atoms with van der Waals surface area (Å²) in [7, 11) is 0. The number of hydrogen-bond donors (Lipinski definition) is 1. The molecule has 0 saturated carbocycles. The Morgan fingerprint density at radius 3 is 2.33 bits per heavy atom. The first-order valence-electron chi connectivity index (χ1n) is 6.06. The quantitative estimate of drug-likeness (QED) is 0.528. The number of hydrogen-bond acceptors (Lipinski definition) is 3. The van der Waals surface area contributed by atoms with Gasteiger partial charge in [0.2, 0.25) is 0 Å². The van der Waals surface area contributed by atoms with Gasteiger partial charge < -0.3 is 9.94 Å². The zero-order valence-electron chi connectivity index (χ0n) is 11.1. The fourth-order valence-corrected chi connectivity index (χ4v) is 1.82. The lowest BCUT2D eigenvalue weighted by molar-refractivity contribution is 0.300. The smallest absolute Gasteiger partial charge is 0.131 e. The number of ether oxygens (including phenoxy) is 1. The minimum absolute atomic E-state index is 0.120. The highest BCUT2D eigenvalue weighted by Gasteiger charge is 2.10. The van der Waals surface area contributed by atoms with Crippen LogP contribution in [0.4, 0.5) is 13.2 Å². The first kappa shape index (κ1) is 14.9. The van der Waals surface area contributed by atoms with Crippen LogP contribution in [0.25, 0.3) is 0 Å². The van der Waals surface area contributed by atoms with E-state index in [1.54, 1.807) is 0 Å². The van der Waals surface area contributed by atoms with Crippen LogP contribution in [0.1, 0.15) is 18.1 Å². The Morgan fingerprint density at radius 2 is 1.71 bits per heavy atom. The zero-order valence-corrected chi connectivity index (χ0v) is 11.1. The van der Waals surface area contributed by atoms with Crippen LogP contribution in [0.2, 0.25) is 0 Å². The maximum Gasteiger partial charge on any atom is 0.131 e. The van der Waals surface area contributed by atoms with Gasteiger partial charge in [0.25, 0.3) is 0 Å². The van der Waals surface area contributed by atoms with Crippen molar-refractivity contribution in [3.05, 3.63) is 65.0 Å². The molecule has 2 aromatic rings. The molecule has 0 radical (unpaired) electrons. The summed E-state index contributed by atoms with van der Waals surface area (Å²) in [5.74, 6) is -1.86. The van der Waals surface area contributed by atoms with Crippen molar-refractivity contribution in [1.29, 1.82) is 0 Å². The van der Waals surface area contributed by atoms with Gasteiger partial charge in [-0.15, -0.1) is 0 Å². The van der Waals surface area contributed by atoms with E-state index >= 15 is 0 Å². The normalized spacial score (nSPS) is 11.5. The monoisotopic (exact) mass is 295 g/mol. The van der Waals surface area contributed by atoms with Crippen molar-refractivity contribution in [1.82, 2.24) is 0 Å². The van der Waals surface area contributed by atoms with Gasteiger partial charge in [-0.1, -0.05) is 5.16 Å². The maximum absolute atomic E-state index is 13.3. The third-order valence-corrected chi connectivity index (χ3v) is 2.80. The van der Waals surface area contributed by atoms with Crippen LogP contribution >= 0.6 is 0 Å². The topological polar surface area (TPSA) is 41.8 Å². The van der Waals surface area contributed by atoms with E-state index < -0.39 is 17.5 Å². The standard InChI is InChI=1S/C15H12F3NO2/c1-9(19-20)14-3-2-11(16)7-15(14)21-8-10-4-12(17)6-13(18)5-10/h2-7,20H,8H2,1H3/b19-9-. The van der Waals surface area contributed by atoms with Crippen molar-refractivity contribution in [2.75, 3.05) is 0 Å². The summed E-state index contributed by atoms with van der Waals surface area (Å²) in [6.45, 7) is 1.37. The van der Waals surface area contributed by atoms with Crippen LogP contribution in [-0.4, -0.2) is 10.9 Å². The number of halogens is 3. The Balaban J connectivity index is 2.25. The Morgan fingerprint density at radius 1 is 1.05 bits per heavy atom. The second-order valence-electron chi connectivity index (χ2n) is 4.39. The molecule has 3 nitrogen and oxygen atoms in total. The van der Waals surface area contributed by atoms with Crippen LogP contribution in [-0.2, 0) is 6.61 Å². The number of rotatable bonds is 4. The summed E-state index contributed by atoms with van der Waals surface area (Å²) in [5, 5.41) is 11.8. The van der Waals surface area contributed by atoms with Gasteiger partial charge in [0.15, 0.2) is 0 Å². The second-order valence-corrected chi connectivity index (χ2v) is 4.39. The minimum Gasteiger partial charge on any atom is -0.488 e. The average Bonchev–Trinajstić information content (AvgIpc) is 2.43. The van der Waals surface area contributed by atoms with Gasteiger partial charge in [0.05, 0.1) is 5.71 Å². The van der Waals surface area contributed by atoms with E-state index in [9.17, 15) is 13.2 Å². The molecule has 110 valence electrons. The molecule has 0 fully saturated rings. The Bertz CT molecular complexity index is 666. The third-order valence-electron chi connectivity index (χ3n) is 2.80. The number of nitrogens with zero attached hydrogens (tertiary/aromatic N) is 1. The van der Waals surface area contributed by atoms with Gasteiger partial charge in [0.1, 0.15) is 29.8 Å². The highest BCUT2D eigenvalue weighted by Crippen LogP contribution is 2.22. The first-order chi connectivity index (χ1) is 9.99. The van der Waals surface area contributed by atoms with Crippen LogP contribution in [0.15, 0.2) is 41.6 Å². The third kappa shape index (κ3) is 3.75. The van der Waals surface area contributed by atoms with Gasteiger partial charge in [-0.05, 0) is 36.8 Å².